The van der Waals surface area contributed by atoms with Crippen molar-refractivity contribution in [1.82, 2.24) is 0 Å². The Bertz CT molecular complexity index is 235. The molecular formula is C8H11F3O4. The molecule has 0 rings (SSSR count). The lowest BCUT2D eigenvalue weighted by atomic mass is 10.2. The molecule has 0 N–H and O–H groups in total. The average molecular weight is 228 g/mol. The van der Waals surface area contributed by atoms with Gasteiger partial charge in [-0.25, -0.2) is 4.79 Å². The van der Waals surface area contributed by atoms with Crippen molar-refractivity contribution in [2.24, 2.45) is 5.92 Å². The van der Waals surface area contributed by atoms with Gasteiger partial charge >= 0.3 is 18.1 Å². The molecule has 0 aliphatic rings. The van der Waals surface area contributed by atoms with Crippen molar-refractivity contribution in [3.8, 4) is 0 Å². The number of alkyl halides is 3. The van der Waals surface area contributed by atoms with Gasteiger partial charge in [0.2, 0.25) is 0 Å². The fraction of sp³-hybridized carbons (Fsp3) is 0.750. The van der Waals surface area contributed by atoms with Gasteiger partial charge in [0.25, 0.3) is 0 Å². The van der Waals surface area contributed by atoms with Crippen molar-refractivity contribution in [2.75, 3.05) is 13.2 Å². The molecule has 7 heteroatoms. The van der Waals surface area contributed by atoms with Gasteiger partial charge in [-0.3, -0.25) is 4.79 Å². The van der Waals surface area contributed by atoms with Crippen LogP contribution in [0, 0.1) is 5.92 Å². The van der Waals surface area contributed by atoms with Crippen LogP contribution in [0.4, 0.5) is 13.2 Å². The van der Waals surface area contributed by atoms with E-state index in [0.29, 0.717) is 0 Å². The second-order valence-electron chi connectivity index (χ2n) is 2.96. The van der Waals surface area contributed by atoms with Gasteiger partial charge in [0.05, 0.1) is 5.92 Å². The monoisotopic (exact) mass is 228 g/mol. The quantitative estimate of drug-likeness (QED) is 0.537. The zero-order valence-electron chi connectivity index (χ0n) is 8.26. The summed E-state index contributed by atoms with van der Waals surface area (Å²) >= 11 is 0. The third-order valence-electron chi connectivity index (χ3n) is 1.26. The lowest BCUT2D eigenvalue weighted by Gasteiger charge is -2.08. The fourth-order valence-corrected chi connectivity index (χ4v) is 0.525. The van der Waals surface area contributed by atoms with E-state index < -0.39 is 24.7 Å². The maximum absolute atomic E-state index is 11.6. The molecule has 0 unspecified atom stereocenters. The van der Waals surface area contributed by atoms with Crippen LogP contribution in [0.2, 0.25) is 0 Å². The molecule has 4 nitrogen and oxygen atoms in total. The standard InChI is InChI=1S/C8H11F3O4/c1-5(2)6(12)14-3-4-15-7(13)8(9,10)11/h5H,3-4H2,1-2H3. The van der Waals surface area contributed by atoms with E-state index in [1.54, 1.807) is 13.8 Å². The average Bonchev–Trinajstić information content (AvgIpc) is 2.09. The van der Waals surface area contributed by atoms with Crippen LogP contribution in [-0.2, 0) is 19.1 Å². The van der Waals surface area contributed by atoms with E-state index in [-0.39, 0.29) is 12.5 Å². The third-order valence-corrected chi connectivity index (χ3v) is 1.26. The summed E-state index contributed by atoms with van der Waals surface area (Å²) in [6.07, 6.45) is -5.01. The largest absolute Gasteiger partial charge is 0.490 e. The topological polar surface area (TPSA) is 52.6 Å². The Kier molecular flexibility index (Phi) is 5.10. The minimum atomic E-state index is -5.01. The van der Waals surface area contributed by atoms with Crippen LogP contribution in [0.1, 0.15) is 13.8 Å². The summed E-state index contributed by atoms with van der Waals surface area (Å²) in [5.41, 5.74) is 0. The first kappa shape index (κ1) is 13.7. The Balaban J connectivity index is 3.65. The van der Waals surface area contributed by atoms with Gasteiger partial charge in [0, 0.05) is 0 Å². The van der Waals surface area contributed by atoms with E-state index in [1.165, 1.54) is 0 Å². The molecule has 0 fully saturated rings. The van der Waals surface area contributed by atoms with E-state index in [9.17, 15) is 22.8 Å². The summed E-state index contributed by atoms with van der Waals surface area (Å²) in [4.78, 5) is 21.0. The summed E-state index contributed by atoms with van der Waals surface area (Å²) in [7, 11) is 0. The maximum Gasteiger partial charge on any atom is 0.490 e. The molecule has 0 saturated heterocycles. The second-order valence-corrected chi connectivity index (χ2v) is 2.96. The van der Waals surface area contributed by atoms with Crippen LogP contribution >= 0.6 is 0 Å². The third kappa shape index (κ3) is 5.92. The molecule has 0 amide bonds. The minimum Gasteiger partial charge on any atom is -0.462 e. The zero-order chi connectivity index (χ0) is 12.1. The van der Waals surface area contributed by atoms with Crippen molar-refractivity contribution in [2.45, 2.75) is 20.0 Å². The molecule has 0 heterocycles. The molecule has 0 aliphatic heterocycles. The normalized spacial score (nSPS) is 11.3. The van der Waals surface area contributed by atoms with Gasteiger partial charge < -0.3 is 9.47 Å². The number of carbonyl (C=O) groups is 2. The van der Waals surface area contributed by atoms with Gasteiger partial charge in [-0.1, -0.05) is 13.8 Å². The minimum absolute atomic E-state index is 0.372. The lowest BCUT2D eigenvalue weighted by Crippen LogP contribution is -2.27. The first-order chi connectivity index (χ1) is 6.75. The molecule has 0 spiro atoms. The fourth-order valence-electron chi connectivity index (χ4n) is 0.525. The molecule has 0 aromatic carbocycles. The predicted octanol–water partition coefficient (Wildman–Crippen LogP) is 1.29. The first-order valence-corrected chi connectivity index (χ1v) is 4.15. The molecule has 0 saturated carbocycles. The van der Waals surface area contributed by atoms with Crippen LogP contribution in [0.5, 0.6) is 0 Å². The Morgan fingerprint density at radius 3 is 2.00 bits per heavy atom. The number of hydrogen-bond donors (Lipinski definition) is 0. The van der Waals surface area contributed by atoms with Crippen molar-refractivity contribution < 1.29 is 32.2 Å². The molecular weight excluding hydrogens is 217 g/mol. The van der Waals surface area contributed by atoms with Crippen LogP contribution in [0.3, 0.4) is 0 Å². The molecule has 0 aliphatic carbocycles. The van der Waals surface area contributed by atoms with Gasteiger partial charge in [-0.2, -0.15) is 13.2 Å². The number of esters is 2. The first-order valence-electron chi connectivity index (χ1n) is 4.15. The number of halogens is 3. The Hall–Kier alpha value is -1.27. The highest BCUT2D eigenvalue weighted by Crippen LogP contribution is 2.16. The summed E-state index contributed by atoms with van der Waals surface area (Å²) in [5, 5.41) is 0. The Labute approximate surface area is 84.3 Å². The summed E-state index contributed by atoms with van der Waals surface area (Å²) in [6.45, 7) is 2.17. The van der Waals surface area contributed by atoms with Crippen molar-refractivity contribution in [1.29, 1.82) is 0 Å². The molecule has 0 bridgehead atoms. The molecule has 0 atom stereocenters. The van der Waals surface area contributed by atoms with E-state index in [0.717, 1.165) is 0 Å². The van der Waals surface area contributed by atoms with Crippen molar-refractivity contribution >= 4 is 11.9 Å². The highest BCUT2D eigenvalue weighted by Gasteiger charge is 2.40. The highest BCUT2D eigenvalue weighted by atomic mass is 19.4. The zero-order valence-corrected chi connectivity index (χ0v) is 8.26. The molecule has 0 aromatic rings. The Morgan fingerprint density at radius 1 is 1.13 bits per heavy atom. The number of rotatable bonds is 4. The van der Waals surface area contributed by atoms with Gasteiger partial charge in [-0.15, -0.1) is 0 Å². The highest BCUT2D eigenvalue weighted by molar-refractivity contribution is 5.75. The lowest BCUT2D eigenvalue weighted by molar-refractivity contribution is -0.201. The Morgan fingerprint density at radius 2 is 1.60 bits per heavy atom. The molecule has 0 aromatic heterocycles. The van der Waals surface area contributed by atoms with Crippen molar-refractivity contribution in [3.05, 3.63) is 0 Å². The molecule has 15 heavy (non-hydrogen) atoms. The van der Waals surface area contributed by atoms with E-state index in [4.69, 9.17) is 0 Å². The maximum atomic E-state index is 11.6. The summed E-state index contributed by atoms with van der Waals surface area (Å²) in [5.74, 6) is -3.22. The molecule has 88 valence electrons. The SMILES string of the molecule is CC(C)C(=O)OCCOC(=O)C(F)(F)F. The van der Waals surface area contributed by atoms with Crippen LogP contribution in [0.15, 0.2) is 0 Å². The van der Waals surface area contributed by atoms with Crippen LogP contribution in [0.25, 0.3) is 0 Å². The van der Waals surface area contributed by atoms with Gasteiger partial charge in [0.15, 0.2) is 0 Å². The van der Waals surface area contributed by atoms with E-state index in [2.05, 4.69) is 9.47 Å². The van der Waals surface area contributed by atoms with Crippen LogP contribution < -0.4 is 0 Å². The van der Waals surface area contributed by atoms with Gasteiger partial charge in [-0.05, 0) is 0 Å². The smallest absolute Gasteiger partial charge is 0.462 e. The van der Waals surface area contributed by atoms with E-state index >= 15 is 0 Å². The van der Waals surface area contributed by atoms with Crippen LogP contribution in [-0.4, -0.2) is 31.3 Å². The second kappa shape index (κ2) is 5.57. The summed E-state index contributed by atoms with van der Waals surface area (Å²) in [6, 6.07) is 0. The number of ether oxygens (including phenoxy) is 2. The summed E-state index contributed by atoms with van der Waals surface area (Å²) < 4.78 is 43.0. The number of carbonyl (C=O) groups excluding carboxylic acids is 2. The van der Waals surface area contributed by atoms with Gasteiger partial charge in [0.1, 0.15) is 13.2 Å². The predicted molar refractivity (Wildman–Crippen MR) is 42.8 cm³/mol. The van der Waals surface area contributed by atoms with Crippen molar-refractivity contribution in [3.63, 3.8) is 0 Å². The van der Waals surface area contributed by atoms with E-state index in [1.807, 2.05) is 0 Å². The number of hydrogen-bond acceptors (Lipinski definition) is 4. The molecule has 0 radical (unpaired) electrons.